The van der Waals surface area contributed by atoms with Gasteiger partial charge in [0.1, 0.15) is 17.2 Å². The van der Waals surface area contributed by atoms with Gasteiger partial charge in [0.05, 0.1) is 12.6 Å². The summed E-state index contributed by atoms with van der Waals surface area (Å²) in [6.45, 7) is 0. The van der Waals surface area contributed by atoms with Crippen molar-refractivity contribution in [1.82, 2.24) is 20.2 Å². The van der Waals surface area contributed by atoms with Crippen LogP contribution in [0.4, 0.5) is 10.2 Å². The van der Waals surface area contributed by atoms with Gasteiger partial charge in [0.2, 0.25) is 0 Å². The number of aromatic amines is 2. The number of anilines is 1. The molecule has 0 spiro atoms. The number of nitrogen functional groups attached to an aromatic ring is 1. The van der Waals surface area contributed by atoms with Gasteiger partial charge in [-0.05, 0) is 47.5 Å². The molecule has 0 aliphatic carbocycles. The Morgan fingerprint density at radius 3 is 2.75 bits per heavy atom. The fraction of sp³-hybridized carbons (Fsp3) is 0.0476. The third kappa shape index (κ3) is 2.56. The SMILES string of the molecule is COc1cc(F)cc(-c2cc3c(-c4ccc5[nH]nc(N)c5c4)ccnc3[nH]2)c1. The number of benzene rings is 2. The third-order valence-electron chi connectivity index (χ3n) is 4.85. The Morgan fingerprint density at radius 2 is 1.89 bits per heavy atom. The lowest BCUT2D eigenvalue weighted by Gasteiger charge is -2.04. The van der Waals surface area contributed by atoms with Crippen LogP contribution in [0.5, 0.6) is 5.75 Å². The summed E-state index contributed by atoms with van der Waals surface area (Å²) in [4.78, 5) is 7.69. The van der Waals surface area contributed by atoms with E-state index in [2.05, 4.69) is 20.2 Å². The molecule has 0 saturated heterocycles. The van der Waals surface area contributed by atoms with Gasteiger partial charge in [0.25, 0.3) is 0 Å². The number of nitrogens with zero attached hydrogens (tertiary/aromatic N) is 2. The molecule has 0 saturated carbocycles. The zero-order valence-electron chi connectivity index (χ0n) is 15.0. The predicted octanol–water partition coefficient (Wildman–Crippen LogP) is 4.50. The number of methoxy groups -OCH3 is 1. The molecule has 0 radical (unpaired) electrons. The van der Waals surface area contributed by atoms with Gasteiger partial charge in [-0.1, -0.05) is 6.07 Å². The summed E-state index contributed by atoms with van der Waals surface area (Å²) in [5.74, 6) is 0.563. The normalized spacial score (nSPS) is 11.4. The summed E-state index contributed by atoms with van der Waals surface area (Å²) in [6, 6.07) is 14.5. The topological polar surface area (TPSA) is 92.6 Å². The van der Waals surface area contributed by atoms with Gasteiger partial charge in [0.15, 0.2) is 5.82 Å². The monoisotopic (exact) mass is 373 g/mol. The number of halogens is 1. The number of nitrogens with two attached hydrogens (primary N) is 1. The van der Waals surface area contributed by atoms with E-state index in [0.29, 0.717) is 17.1 Å². The van der Waals surface area contributed by atoms with E-state index in [1.807, 2.05) is 30.3 Å². The van der Waals surface area contributed by atoms with Gasteiger partial charge in [-0.3, -0.25) is 5.10 Å². The van der Waals surface area contributed by atoms with Crippen molar-refractivity contribution >= 4 is 27.8 Å². The quantitative estimate of drug-likeness (QED) is 0.434. The number of nitrogens with one attached hydrogen (secondary N) is 2. The zero-order chi connectivity index (χ0) is 19.3. The first-order valence-corrected chi connectivity index (χ1v) is 8.69. The van der Waals surface area contributed by atoms with Gasteiger partial charge in [0, 0.05) is 34.3 Å². The molecule has 5 rings (SSSR count). The first kappa shape index (κ1) is 16.3. The molecule has 0 atom stereocenters. The number of fused-ring (bicyclic) bond motifs is 2. The van der Waals surface area contributed by atoms with Crippen LogP contribution < -0.4 is 10.5 Å². The Morgan fingerprint density at radius 1 is 1.00 bits per heavy atom. The molecule has 6 nitrogen and oxygen atoms in total. The standard InChI is InChI=1S/C21H16FN5O/c1-28-14-7-12(6-13(22)9-14)19-10-16-15(4-5-24-21(16)25-19)11-2-3-18-17(8-11)20(23)27-26-18/h2-10H,1H3,(H,24,25)(H3,23,26,27). The van der Waals surface area contributed by atoms with Crippen LogP contribution in [0.25, 0.3) is 44.3 Å². The van der Waals surface area contributed by atoms with Gasteiger partial charge in [-0.15, -0.1) is 0 Å². The summed E-state index contributed by atoms with van der Waals surface area (Å²) < 4.78 is 19.1. The summed E-state index contributed by atoms with van der Waals surface area (Å²) in [5, 5.41) is 8.75. The Balaban J connectivity index is 1.69. The van der Waals surface area contributed by atoms with Crippen molar-refractivity contribution < 1.29 is 9.13 Å². The smallest absolute Gasteiger partial charge is 0.153 e. The van der Waals surface area contributed by atoms with Crippen molar-refractivity contribution in [2.45, 2.75) is 0 Å². The van der Waals surface area contributed by atoms with Crippen molar-refractivity contribution in [3.63, 3.8) is 0 Å². The summed E-state index contributed by atoms with van der Waals surface area (Å²) in [6.07, 6.45) is 1.74. The van der Waals surface area contributed by atoms with Crippen LogP contribution in [0.2, 0.25) is 0 Å². The van der Waals surface area contributed by atoms with E-state index in [4.69, 9.17) is 10.5 Å². The molecule has 3 heterocycles. The predicted molar refractivity (Wildman–Crippen MR) is 108 cm³/mol. The number of hydrogen-bond donors (Lipinski definition) is 3. The molecule has 0 fully saturated rings. The van der Waals surface area contributed by atoms with Crippen molar-refractivity contribution in [2.24, 2.45) is 0 Å². The molecule has 3 aromatic heterocycles. The largest absolute Gasteiger partial charge is 0.497 e. The number of ether oxygens (including phenoxy) is 1. The van der Waals surface area contributed by atoms with E-state index < -0.39 is 0 Å². The molecule has 4 N–H and O–H groups in total. The van der Waals surface area contributed by atoms with Crippen LogP contribution in [0.15, 0.2) is 54.7 Å². The van der Waals surface area contributed by atoms with Crippen LogP contribution in [0, 0.1) is 5.82 Å². The highest BCUT2D eigenvalue weighted by atomic mass is 19.1. The minimum atomic E-state index is -0.359. The number of H-pyrrole nitrogens is 2. The van der Waals surface area contributed by atoms with Crippen molar-refractivity contribution in [3.8, 4) is 28.1 Å². The molecule has 0 aliphatic rings. The molecule has 5 aromatic rings. The third-order valence-corrected chi connectivity index (χ3v) is 4.85. The second-order valence-electron chi connectivity index (χ2n) is 6.55. The van der Waals surface area contributed by atoms with E-state index in [0.717, 1.165) is 38.8 Å². The Kier molecular flexibility index (Phi) is 3.55. The number of pyridine rings is 1. The van der Waals surface area contributed by atoms with Crippen molar-refractivity contribution in [2.75, 3.05) is 12.8 Å². The fourth-order valence-electron chi connectivity index (χ4n) is 3.47. The second kappa shape index (κ2) is 6.09. The molecule has 0 unspecified atom stereocenters. The summed E-state index contributed by atoms with van der Waals surface area (Å²) in [7, 11) is 1.52. The lowest BCUT2D eigenvalue weighted by Crippen LogP contribution is -1.87. The average molecular weight is 373 g/mol. The Hall–Kier alpha value is -3.87. The molecule has 0 bridgehead atoms. The van der Waals surface area contributed by atoms with Crippen LogP contribution in [-0.4, -0.2) is 27.3 Å². The van der Waals surface area contributed by atoms with Crippen molar-refractivity contribution in [1.29, 1.82) is 0 Å². The summed E-state index contributed by atoms with van der Waals surface area (Å²) >= 11 is 0. The highest BCUT2D eigenvalue weighted by Crippen LogP contribution is 2.34. The van der Waals surface area contributed by atoms with Gasteiger partial charge in [-0.25, -0.2) is 9.37 Å². The highest BCUT2D eigenvalue weighted by molar-refractivity contribution is 5.99. The lowest BCUT2D eigenvalue weighted by atomic mass is 10.0. The Labute approximate surface area is 159 Å². The van der Waals surface area contributed by atoms with Gasteiger partial charge in [-0.2, -0.15) is 5.10 Å². The maximum Gasteiger partial charge on any atom is 0.153 e. The van der Waals surface area contributed by atoms with Crippen LogP contribution in [0.3, 0.4) is 0 Å². The first-order valence-electron chi connectivity index (χ1n) is 8.69. The Bertz CT molecular complexity index is 1340. The molecule has 138 valence electrons. The molecule has 28 heavy (non-hydrogen) atoms. The maximum absolute atomic E-state index is 13.9. The average Bonchev–Trinajstić information content (AvgIpc) is 3.31. The van der Waals surface area contributed by atoms with Crippen LogP contribution in [0.1, 0.15) is 0 Å². The van der Waals surface area contributed by atoms with Crippen LogP contribution >= 0.6 is 0 Å². The molecule has 7 heteroatoms. The van der Waals surface area contributed by atoms with Crippen molar-refractivity contribution in [3.05, 3.63) is 60.5 Å². The zero-order valence-corrected chi connectivity index (χ0v) is 15.0. The minimum Gasteiger partial charge on any atom is -0.497 e. The first-order chi connectivity index (χ1) is 13.6. The molecule has 0 aliphatic heterocycles. The molecular weight excluding hydrogens is 357 g/mol. The van der Waals surface area contributed by atoms with E-state index in [1.165, 1.54) is 19.2 Å². The minimum absolute atomic E-state index is 0.359. The maximum atomic E-state index is 13.9. The van der Waals surface area contributed by atoms with Crippen LogP contribution in [-0.2, 0) is 0 Å². The van der Waals surface area contributed by atoms with E-state index in [-0.39, 0.29) is 5.82 Å². The number of hydrogen-bond acceptors (Lipinski definition) is 4. The van der Waals surface area contributed by atoms with E-state index >= 15 is 0 Å². The fourth-order valence-corrected chi connectivity index (χ4v) is 3.47. The second-order valence-corrected chi connectivity index (χ2v) is 6.55. The molecular formula is C21H16FN5O. The van der Waals surface area contributed by atoms with E-state index in [1.54, 1.807) is 12.3 Å². The summed E-state index contributed by atoms with van der Waals surface area (Å²) in [5.41, 5.74) is 11.0. The van der Waals surface area contributed by atoms with Gasteiger partial charge < -0.3 is 15.5 Å². The highest BCUT2D eigenvalue weighted by Gasteiger charge is 2.13. The molecule has 2 aromatic carbocycles. The lowest BCUT2D eigenvalue weighted by molar-refractivity contribution is 0.411. The number of rotatable bonds is 3. The number of aromatic nitrogens is 4. The molecule has 0 amide bonds. The van der Waals surface area contributed by atoms with E-state index in [9.17, 15) is 4.39 Å². The van der Waals surface area contributed by atoms with Gasteiger partial charge >= 0.3 is 0 Å².